The van der Waals surface area contributed by atoms with Crippen LogP contribution in [0.15, 0.2) is 219 Å². The molecule has 0 saturated heterocycles. The predicted molar refractivity (Wildman–Crippen MR) is 427 cm³/mol. The minimum atomic E-state index is -2.29. The number of hydrogen-bond acceptors (Lipinski definition) is 0. The fourth-order valence-electron chi connectivity index (χ4n) is 14.0. The topological polar surface area (TPSA) is 15.5 Å². The molecule has 8 aromatic carbocycles. The van der Waals surface area contributed by atoms with Gasteiger partial charge in [0.25, 0.3) is 0 Å². The summed E-state index contributed by atoms with van der Waals surface area (Å²) in [6, 6.07) is 65.5. The zero-order chi connectivity index (χ0) is 81.7. The highest BCUT2D eigenvalue weighted by molar-refractivity contribution is 5.80. The van der Waals surface area contributed by atoms with Crippen LogP contribution in [0.25, 0.3) is 89.5 Å². The molecule has 4 heterocycles. The van der Waals surface area contributed by atoms with Crippen LogP contribution in [0.5, 0.6) is 0 Å². The Labute approximate surface area is 617 Å². The van der Waals surface area contributed by atoms with Crippen molar-refractivity contribution in [2.75, 3.05) is 0 Å². The molecule has 0 radical (unpaired) electrons. The van der Waals surface area contributed by atoms with E-state index in [9.17, 15) is 0 Å². The van der Waals surface area contributed by atoms with Gasteiger partial charge in [-0.3, -0.25) is 0 Å². The highest BCUT2D eigenvalue weighted by Crippen LogP contribution is 2.37. The van der Waals surface area contributed by atoms with Gasteiger partial charge in [-0.1, -0.05) is 201 Å². The Kier molecular flexibility index (Phi) is 20.2. The minimum absolute atomic E-state index is 0.264. The van der Waals surface area contributed by atoms with Crippen LogP contribution in [-0.2, 0) is 53.8 Å². The molecule has 12 aromatic rings. The van der Waals surface area contributed by atoms with Gasteiger partial charge in [-0.25, -0.2) is 18.3 Å². The predicted octanol–water partition coefficient (Wildman–Crippen LogP) is 23.0. The Balaban J connectivity index is 0.000000171. The summed E-state index contributed by atoms with van der Waals surface area (Å²) in [6.07, 6.45) is 6.92. The number of benzene rings is 8. The van der Waals surface area contributed by atoms with E-state index in [1.807, 2.05) is 125 Å². The molecule has 0 aliphatic rings. The Morgan fingerprint density at radius 1 is 0.300 bits per heavy atom. The summed E-state index contributed by atoms with van der Waals surface area (Å²) in [7, 11) is 8.08. The molecule has 0 aliphatic heterocycles. The van der Waals surface area contributed by atoms with Gasteiger partial charge in [0.15, 0.2) is 24.8 Å². The largest absolute Gasteiger partial charge is 0.212 e. The first-order valence-corrected chi connectivity index (χ1v) is 35.3. The Morgan fingerprint density at radius 3 is 0.900 bits per heavy atom. The summed E-state index contributed by atoms with van der Waals surface area (Å²) in [6.45, 7) is 28.0. The second-order valence-corrected chi connectivity index (χ2v) is 27.4. The molecule has 0 atom stereocenters. The average molecular weight is 1330 g/mol. The first kappa shape index (κ1) is 60.3. The quantitative estimate of drug-likeness (QED) is 0.0965. The summed E-state index contributed by atoms with van der Waals surface area (Å²) < 4.78 is 97.8. The molecule has 100 heavy (non-hydrogen) atoms. The molecular weight excluding hydrogens is 1210 g/mol. The molecule has 0 aliphatic carbocycles. The third-order valence-corrected chi connectivity index (χ3v) is 19.5. The lowest BCUT2D eigenvalue weighted by atomic mass is 9.92. The highest BCUT2D eigenvalue weighted by Gasteiger charge is 2.24. The lowest BCUT2D eigenvalue weighted by molar-refractivity contribution is -0.661. The van der Waals surface area contributed by atoms with Crippen molar-refractivity contribution in [1.29, 1.82) is 0 Å². The first-order chi connectivity index (χ1) is 51.9. The summed E-state index contributed by atoms with van der Waals surface area (Å²) in [4.78, 5) is 0. The maximum Gasteiger partial charge on any atom is 0.212 e. The summed E-state index contributed by atoms with van der Waals surface area (Å²) in [5.41, 5.74) is 32.7. The van der Waals surface area contributed by atoms with E-state index in [0.29, 0.717) is 22.7 Å². The van der Waals surface area contributed by atoms with Crippen LogP contribution < -0.4 is 18.3 Å². The Morgan fingerprint density at radius 2 is 0.580 bits per heavy atom. The van der Waals surface area contributed by atoms with E-state index < -0.39 is 32.3 Å². The van der Waals surface area contributed by atoms with E-state index in [0.717, 1.165) is 68.6 Å². The Bertz CT molecular complexity index is 5320. The van der Waals surface area contributed by atoms with Gasteiger partial charge in [-0.15, -0.1) is 0 Å². The van der Waals surface area contributed by atoms with Gasteiger partial charge in [-0.05, 0) is 242 Å². The van der Waals surface area contributed by atoms with Crippen molar-refractivity contribution in [1.82, 2.24) is 0 Å². The molecular formula is C96H112N4+4. The van der Waals surface area contributed by atoms with Gasteiger partial charge >= 0.3 is 0 Å². The van der Waals surface area contributed by atoms with Crippen molar-refractivity contribution in [3.8, 4) is 89.5 Å². The summed E-state index contributed by atoms with van der Waals surface area (Å²) in [5.74, 6) is -0.144. The molecule has 0 N–H and O–H groups in total. The fourth-order valence-corrected chi connectivity index (χ4v) is 14.0. The minimum Gasteiger partial charge on any atom is -0.201 e. The molecule has 4 heteroatoms. The zero-order valence-electron chi connectivity index (χ0n) is 74.1. The number of nitrogens with zero attached hydrogens (tertiary/aromatic N) is 4. The third kappa shape index (κ3) is 17.1. The Hall–Kier alpha value is -9.64. The van der Waals surface area contributed by atoms with E-state index in [4.69, 9.17) is 15.1 Å². The van der Waals surface area contributed by atoms with Crippen LogP contribution >= 0.6 is 0 Å². The van der Waals surface area contributed by atoms with Crippen LogP contribution in [0.1, 0.15) is 171 Å². The van der Waals surface area contributed by atoms with Crippen LogP contribution in [0.4, 0.5) is 0 Å². The van der Waals surface area contributed by atoms with Gasteiger partial charge in [0, 0.05) is 83.9 Å². The van der Waals surface area contributed by atoms with Crippen LogP contribution in [0.3, 0.4) is 0 Å². The standard InChI is InChI=1S/4C24H28N/c2*1-16(2)23-15-25(6)24(13-19(23)5)22-14-21(17(3)12-18(22)4)20-10-8-7-9-11-20;2*1-6-19-14-24(25(5)16-20(19)7-2)23-15-22(17(3)13-18(23)4)21-11-9-8-10-12-21/h2*7-16H,1-6H3;2*8-16H,6-7H2,1-5H3/q4*+1/i3D3,16D;;3D3,6D2,7D2;. The van der Waals surface area contributed by atoms with E-state index in [2.05, 4.69) is 201 Å². The van der Waals surface area contributed by atoms with Crippen molar-refractivity contribution >= 4 is 0 Å². The number of rotatable bonds is 14. The van der Waals surface area contributed by atoms with Crippen LogP contribution in [-0.4, -0.2) is 0 Å². The smallest absolute Gasteiger partial charge is 0.201 e. The van der Waals surface area contributed by atoms with Crippen LogP contribution in [0, 0.1) is 69.1 Å². The normalized spacial score (nSPS) is 13.3. The average Bonchev–Trinajstić information content (AvgIpc) is 0.773. The number of hydrogen-bond donors (Lipinski definition) is 0. The number of aromatic nitrogens is 4. The second kappa shape index (κ2) is 33.5. The summed E-state index contributed by atoms with van der Waals surface area (Å²) in [5, 5.41) is 0. The maximum atomic E-state index is 8.40. The van der Waals surface area contributed by atoms with E-state index in [1.165, 1.54) is 103 Å². The highest BCUT2D eigenvalue weighted by atomic mass is 14.9. The molecule has 0 saturated carbocycles. The molecule has 0 amide bonds. The SMILES string of the molecule is CCc1cc(-c2cc(-c3ccccc3)c(C)cc2C)[n+](C)cc1CC.Cc1cc(C)c(-c2cc(C)c(C(C)C)c[n+]2C)cc1-c1ccccc1.[2H]C([2H])([2H])c1cc(C)c(-c2cc(C([2H])([2H])C)c(C([2H])([2H])C)c[n+]2C)cc1-c1ccccc1.[2H]C([2H])([2H])c1cc(C)c(-c2cc(C)c(C([2H])(C)C)c[n+]2C)cc1-c1ccccc1. The van der Waals surface area contributed by atoms with Crippen molar-refractivity contribution in [3.05, 3.63) is 308 Å². The first-order valence-electron chi connectivity index (χ1n) is 40.8. The van der Waals surface area contributed by atoms with Crippen molar-refractivity contribution < 1.29 is 33.3 Å². The van der Waals surface area contributed by atoms with Crippen LogP contribution in [0.2, 0.25) is 0 Å². The van der Waals surface area contributed by atoms with Crippen molar-refractivity contribution in [2.24, 2.45) is 28.2 Å². The molecule has 0 spiro atoms. The monoisotopic (exact) mass is 1330 g/mol. The van der Waals surface area contributed by atoms with Gasteiger partial charge in [0.2, 0.25) is 22.8 Å². The molecule has 0 bridgehead atoms. The zero-order valence-corrected chi connectivity index (χ0v) is 63.1. The maximum absolute atomic E-state index is 8.40. The molecule has 4 aromatic heterocycles. The van der Waals surface area contributed by atoms with Gasteiger partial charge in [-0.2, -0.15) is 0 Å². The lowest BCUT2D eigenvalue weighted by Crippen LogP contribution is -2.32. The van der Waals surface area contributed by atoms with Gasteiger partial charge < -0.3 is 0 Å². The third-order valence-electron chi connectivity index (χ3n) is 19.5. The fraction of sp³-hybridized carbons (Fsp3) is 0.292. The molecule has 4 nitrogen and oxygen atoms in total. The van der Waals surface area contributed by atoms with E-state index >= 15 is 0 Å². The van der Waals surface area contributed by atoms with Gasteiger partial charge in [0.05, 0.1) is 0 Å². The molecule has 0 fully saturated rings. The van der Waals surface area contributed by atoms with E-state index in [-0.39, 0.29) is 16.7 Å². The second-order valence-electron chi connectivity index (χ2n) is 27.4. The number of pyridine rings is 4. The summed E-state index contributed by atoms with van der Waals surface area (Å²) >= 11 is 0. The molecule has 512 valence electrons. The van der Waals surface area contributed by atoms with Crippen molar-refractivity contribution in [2.45, 2.75) is 162 Å². The molecule has 12 rings (SSSR count). The lowest BCUT2D eigenvalue weighted by Gasteiger charge is -2.14. The van der Waals surface area contributed by atoms with Gasteiger partial charge in [0.1, 0.15) is 28.2 Å². The molecule has 0 unspecified atom stereocenters. The van der Waals surface area contributed by atoms with E-state index in [1.54, 1.807) is 36.0 Å². The number of aryl methyl sites for hydroxylation is 18. The van der Waals surface area contributed by atoms with Crippen molar-refractivity contribution in [3.63, 3.8) is 0 Å².